The average Bonchev–Trinajstić information content (AvgIpc) is 3.97. The molecule has 0 unspecified atom stereocenters. The van der Waals surface area contributed by atoms with Crippen molar-refractivity contribution in [3.63, 3.8) is 0 Å². The van der Waals surface area contributed by atoms with Crippen LogP contribution in [0.4, 0.5) is 0 Å². The fourth-order valence-electron chi connectivity index (χ4n) is 8.28. The zero-order valence-corrected chi connectivity index (χ0v) is 31.9. The molecular weight excluding hydrogens is 735 g/mol. The summed E-state index contributed by atoms with van der Waals surface area (Å²) in [4.78, 5) is 15.1. The molecule has 0 bridgehead atoms. The summed E-state index contributed by atoms with van der Waals surface area (Å²) in [5.74, 6) is 1.97. The zero-order valence-electron chi connectivity index (χ0n) is 30.3. The van der Waals surface area contributed by atoms with E-state index in [0.29, 0.717) is 17.5 Å². The number of hydrogen-bond donors (Lipinski definition) is 0. The number of aromatic nitrogens is 3. The minimum absolute atomic E-state index is 0.655. The Morgan fingerprint density at radius 2 is 0.912 bits per heavy atom. The van der Waals surface area contributed by atoms with Gasteiger partial charge in [-0.05, 0) is 64.7 Å². The van der Waals surface area contributed by atoms with Crippen molar-refractivity contribution >= 4 is 85.0 Å². The van der Waals surface area contributed by atoms with Gasteiger partial charge in [-0.3, -0.25) is 0 Å². The molecule has 266 valence electrons. The van der Waals surface area contributed by atoms with Crippen molar-refractivity contribution in [3.05, 3.63) is 176 Å². The van der Waals surface area contributed by atoms with E-state index in [9.17, 15) is 0 Å². The number of furan rings is 1. The molecule has 57 heavy (non-hydrogen) atoms. The molecule has 12 aromatic rings. The lowest BCUT2D eigenvalue weighted by molar-refractivity contribution is 0.669. The molecule has 0 aliphatic rings. The number of thiophene rings is 2. The van der Waals surface area contributed by atoms with Crippen LogP contribution in [-0.4, -0.2) is 15.0 Å². The number of para-hydroxylation sites is 1. The van der Waals surface area contributed by atoms with Crippen molar-refractivity contribution in [1.29, 1.82) is 0 Å². The molecule has 0 saturated carbocycles. The van der Waals surface area contributed by atoms with Gasteiger partial charge in [-0.15, -0.1) is 22.7 Å². The molecule has 0 N–H and O–H groups in total. The van der Waals surface area contributed by atoms with Gasteiger partial charge in [0.2, 0.25) is 0 Å². The van der Waals surface area contributed by atoms with Gasteiger partial charge in [0.1, 0.15) is 11.2 Å². The molecule has 0 radical (unpaired) electrons. The molecule has 0 amide bonds. The van der Waals surface area contributed by atoms with E-state index in [-0.39, 0.29) is 0 Å². The summed E-state index contributed by atoms with van der Waals surface area (Å²) >= 11 is 3.64. The Labute approximate surface area is 335 Å². The van der Waals surface area contributed by atoms with E-state index in [1.54, 1.807) is 11.3 Å². The molecule has 8 aromatic carbocycles. The maximum absolute atomic E-state index is 6.62. The van der Waals surface area contributed by atoms with Gasteiger partial charge < -0.3 is 4.42 Å². The van der Waals surface area contributed by atoms with Gasteiger partial charge in [0.05, 0.1) is 0 Å². The Morgan fingerprint density at radius 1 is 0.333 bits per heavy atom. The summed E-state index contributed by atoms with van der Waals surface area (Å²) in [6, 6.07) is 62.0. The first-order valence-corrected chi connectivity index (χ1v) is 20.6. The first-order chi connectivity index (χ1) is 28.2. The summed E-state index contributed by atoms with van der Waals surface area (Å²) in [6.07, 6.45) is 0. The third kappa shape index (κ3) is 5.22. The fourth-order valence-corrected chi connectivity index (χ4v) is 10.7. The van der Waals surface area contributed by atoms with Gasteiger partial charge >= 0.3 is 0 Å². The van der Waals surface area contributed by atoms with E-state index < -0.39 is 0 Å². The van der Waals surface area contributed by atoms with Gasteiger partial charge in [0, 0.05) is 67.8 Å². The van der Waals surface area contributed by atoms with E-state index in [1.165, 1.54) is 41.2 Å². The van der Waals surface area contributed by atoms with Crippen LogP contribution in [0.1, 0.15) is 0 Å². The van der Waals surface area contributed by atoms with Gasteiger partial charge in [-0.25, -0.2) is 15.0 Å². The largest absolute Gasteiger partial charge is 0.456 e. The first-order valence-electron chi connectivity index (χ1n) is 18.9. The first kappa shape index (κ1) is 32.3. The highest BCUT2D eigenvalue weighted by Crippen LogP contribution is 2.46. The van der Waals surface area contributed by atoms with Crippen molar-refractivity contribution in [1.82, 2.24) is 15.0 Å². The Bertz CT molecular complexity index is 3470. The lowest BCUT2D eigenvalue weighted by Gasteiger charge is -2.10. The minimum atomic E-state index is 0.655. The van der Waals surface area contributed by atoms with E-state index in [1.807, 2.05) is 78.1 Å². The topological polar surface area (TPSA) is 51.8 Å². The van der Waals surface area contributed by atoms with Crippen LogP contribution in [-0.2, 0) is 0 Å². The van der Waals surface area contributed by atoms with Gasteiger partial charge in [0.15, 0.2) is 17.5 Å². The Morgan fingerprint density at radius 3 is 1.67 bits per heavy atom. The summed E-state index contributed by atoms with van der Waals surface area (Å²) in [5.41, 5.74) is 9.33. The lowest BCUT2D eigenvalue weighted by Crippen LogP contribution is -2.00. The van der Waals surface area contributed by atoms with Crippen LogP contribution in [0.15, 0.2) is 180 Å². The van der Waals surface area contributed by atoms with Gasteiger partial charge in [-0.1, -0.05) is 133 Å². The molecule has 12 rings (SSSR count). The van der Waals surface area contributed by atoms with Crippen LogP contribution in [0.25, 0.3) is 119 Å². The van der Waals surface area contributed by atoms with Crippen molar-refractivity contribution in [3.8, 4) is 56.4 Å². The van der Waals surface area contributed by atoms with Crippen molar-refractivity contribution in [2.45, 2.75) is 0 Å². The predicted molar refractivity (Wildman–Crippen MR) is 240 cm³/mol. The molecule has 0 atom stereocenters. The van der Waals surface area contributed by atoms with Crippen LogP contribution in [0.2, 0.25) is 0 Å². The number of fused-ring (bicyclic) bond motifs is 9. The predicted octanol–water partition coefficient (Wildman–Crippen LogP) is 14.8. The van der Waals surface area contributed by atoms with Crippen molar-refractivity contribution in [2.75, 3.05) is 0 Å². The highest BCUT2D eigenvalue weighted by molar-refractivity contribution is 7.26. The molecule has 0 aliphatic carbocycles. The number of nitrogens with zero attached hydrogens (tertiary/aromatic N) is 3. The van der Waals surface area contributed by atoms with Crippen LogP contribution in [0.3, 0.4) is 0 Å². The molecule has 0 saturated heterocycles. The molecule has 0 fully saturated rings. The van der Waals surface area contributed by atoms with E-state index in [0.717, 1.165) is 60.0 Å². The Hall–Kier alpha value is -6.99. The molecule has 4 aromatic heterocycles. The maximum atomic E-state index is 6.62. The summed E-state index contributed by atoms with van der Waals surface area (Å²) in [5, 5.41) is 7.20. The number of rotatable bonds is 5. The molecule has 6 heteroatoms. The molecule has 4 nitrogen and oxygen atoms in total. The Kier molecular flexibility index (Phi) is 7.24. The lowest BCUT2D eigenvalue weighted by atomic mass is 9.93. The monoisotopic (exact) mass is 763 g/mol. The van der Waals surface area contributed by atoms with E-state index >= 15 is 0 Å². The maximum Gasteiger partial charge on any atom is 0.165 e. The van der Waals surface area contributed by atoms with Crippen LogP contribution >= 0.6 is 22.7 Å². The molecule has 4 heterocycles. The van der Waals surface area contributed by atoms with Gasteiger partial charge in [-0.2, -0.15) is 0 Å². The van der Waals surface area contributed by atoms with Crippen molar-refractivity contribution in [2.24, 2.45) is 0 Å². The minimum Gasteiger partial charge on any atom is -0.456 e. The smallest absolute Gasteiger partial charge is 0.165 e. The summed E-state index contributed by atoms with van der Waals surface area (Å²) in [7, 11) is 0. The third-order valence-electron chi connectivity index (χ3n) is 10.9. The second kappa shape index (κ2) is 12.8. The summed E-state index contributed by atoms with van der Waals surface area (Å²) < 4.78 is 11.6. The summed E-state index contributed by atoms with van der Waals surface area (Å²) in [6.45, 7) is 0. The molecule has 0 aliphatic heterocycles. The van der Waals surface area contributed by atoms with Crippen LogP contribution < -0.4 is 0 Å². The standard InChI is InChI=1S/C51H29N3OS2/c1-3-13-30(14-4-1)49-52-50(31-15-5-2-6-16-31)54-51(53-49)39-22-12-21-37-41-27-32(25-26-45(41)57-48(37)39)40-28-33(29-43-46(40)38-18-7-9-23-42(38)55-43)34-19-11-20-36-35-17-8-10-24-44(35)56-47(34)36/h1-29H. The normalized spacial score (nSPS) is 11.9. The van der Waals surface area contributed by atoms with Gasteiger partial charge in [0.25, 0.3) is 0 Å². The number of hydrogen-bond acceptors (Lipinski definition) is 6. The quantitative estimate of drug-likeness (QED) is 0.175. The number of benzene rings is 8. The third-order valence-corrected chi connectivity index (χ3v) is 13.4. The van der Waals surface area contributed by atoms with E-state index in [2.05, 4.69) is 109 Å². The average molecular weight is 764 g/mol. The van der Waals surface area contributed by atoms with Crippen LogP contribution in [0, 0.1) is 0 Å². The highest BCUT2D eigenvalue weighted by Gasteiger charge is 2.20. The van der Waals surface area contributed by atoms with E-state index in [4.69, 9.17) is 19.4 Å². The van der Waals surface area contributed by atoms with Crippen molar-refractivity contribution < 1.29 is 4.42 Å². The molecular formula is C51H29N3OS2. The Balaban J connectivity index is 1.06. The molecule has 0 spiro atoms. The zero-order chi connectivity index (χ0) is 37.5. The highest BCUT2D eigenvalue weighted by atomic mass is 32.1. The SMILES string of the molecule is c1ccc(-c2nc(-c3ccccc3)nc(-c3cccc4c3sc3ccc(-c5cc(-c6cccc7c6sc6ccccc67)cc6oc7ccccc7c56)cc34)n2)cc1. The second-order valence-corrected chi connectivity index (χ2v) is 16.4. The van der Waals surface area contributed by atoms with Crippen LogP contribution in [0.5, 0.6) is 0 Å². The fraction of sp³-hybridized carbons (Fsp3) is 0. The second-order valence-electron chi connectivity index (χ2n) is 14.3.